The van der Waals surface area contributed by atoms with Crippen LogP contribution in [0.25, 0.3) is 0 Å². The molecule has 0 heterocycles. The second-order valence-electron chi connectivity index (χ2n) is 3.77. The predicted octanol–water partition coefficient (Wildman–Crippen LogP) is 2.71. The van der Waals surface area contributed by atoms with Crippen molar-refractivity contribution in [2.75, 3.05) is 6.61 Å². The third kappa shape index (κ3) is 3.42. The zero-order valence-electron chi connectivity index (χ0n) is 9.78. The van der Waals surface area contributed by atoms with Gasteiger partial charge in [0, 0.05) is 5.57 Å². The molecule has 0 unspecified atom stereocenters. The summed E-state index contributed by atoms with van der Waals surface area (Å²) in [5, 5.41) is 8.65. The van der Waals surface area contributed by atoms with Gasteiger partial charge in [-0.2, -0.15) is 0 Å². The fraction of sp³-hybridized carbons (Fsp3) is 0.308. The number of hydrogen-bond donors (Lipinski definition) is 1. The van der Waals surface area contributed by atoms with E-state index in [-0.39, 0.29) is 6.61 Å². The summed E-state index contributed by atoms with van der Waals surface area (Å²) in [6, 6.07) is 5.90. The maximum atomic E-state index is 10.5. The molecule has 3 nitrogen and oxygen atoms in total. The molecule has 0 aliphatic rings. The lowest BCUT2D eigenvalue weighted by atomic mass is 10.1. The fourth-order valence-corrected chi connectivity index (χ4v) is 1.31. The number of ether oxygens (including phenoxy) is 1. The first-order valence-electron chi connectivity index (χ1n) is 5.11. The number of carboxylic acid groups (broad SMARTS) is 1. The van der Waals surface area contributed by atoms with Crippen LogP contribution < -0.4 is 4.74 Å². The zero-order chi connectivity index (χ0) is 12.1. The Bertz CT molecular complexity index is 419. The van der Waals surface area contributed by atoms with Gasteiger partial charge in [0.25, 0.3) is 0 Å². The van der Waals surface area contributed by atoms with Gasteiger partial charge < -0.3 is 9.84 Å². The molecule has 0 aliphatic heterocycles. The Morgan fingerprint density at radius 2 is 2.12 bits per heavy atom. The van der Waals surface area contributed by atoms with Crippen LogP contribution in [0.2, 0.25) is 0 Å². The lowest BCUT2D eigenvalue weighted by molar-refractivity contribution is -0.132. The molecule has 0 atom stereocenters. The molecule has 1 N–H and O–H groups in total. The molecular weight excluding hydrogens is 204 g/mol. The van der Waals surface area contributed by atoms with Crippen molar-refractivity contribution >= 4 is 5.97 Å². The summed E-state index contributed by atoms with van der Waals surface area (Å²) in [4.78, 5) is 10.5. The van der Waals surface area contributed by atoms with Crippen molar-refractivity contribution in [3.8, 4) is 5.75 Å². The van der Waals surface area contributed by atoms with Crippen LogP contribution in [-0.4, -0.2) is 17.7 Å². The van der Waals surface area contributed by atoms with Crippen molar-refractivity contribution in [2.45, 2.75) is 20.8 Å². The van der Waals surface area contributed by atoms with Crippen LogP contribution in [0.5, 0.6) is 5.75 Å². The maximum absolute atomic E-state index is 10.5. The van der Waals surface area contributed by atoms with Gasteiger partial charge >= 0.3 is 5.97 Å². The number of aliphatic carboxylic acids is 1. The van der Waals surface area contributed by atoms with Crippen LogP contribution in [0.15, 0.2) is 29.8 Å². The van der Waals surface area contributed by atoms with Crippen LogP contribution in [0.1, 0.15) is 18.1 Å². The Morgan fingerprint density at radius 1 is 1.44 bits per heavy atom. The summed E-state index contributed by atoms with van der Waals surface area (Å²) in [5.74, 6) is -0.121. The maximum Gasteiger partial charge on any atom is 0.331 e. The molecule has 0 aromatic heterocycles. The van der Waals surface area contributed by atoms with E-state index >= 15 is 0 Å². The van der Waals surface area contributed by atoms with Crippen LogP contribution in [0.4, 0.5) is 0 Å². The fourth-order valence-electron chi connectivity index (χ4n) is 1.31. The molecular formula is C13H16O3. The smallest absolute Gasteiger partial charge is 0.331 e. The third-order valence-corrected chi connectivity index (χ3v) is 2.30. The average Bonchev–Trinajstić information content (AvgIpc) is 2.20. The highest BCUT2D eigenvalue weighted by Crippen LogP contribution is 2.18. The van der Waals surface area contributed by atoms with Gasteiger partial charge in [0.15, 0.2) is 0 Å². The van der Waals surface area contributed by atoms with Crippen LogP contribution in [-0.2, 0) is 4.79 Å². The van der Waals surface area contributed by atoms with Crippen molar-refractivity contribution < 1.29 is 14.6 Å². The van der Waals surface area contributed by atoms with E-state index in [1.54, 1.807) is 13.0 Å². The zero-order valence-corrected chi connectivity index (χ0v) is 9.78. The number of hydrogen-bond acceptors (Lipinski definition) is 2. The second-order valence-corrected chi connectivity index (χ2v) is 3.77. The number of rotatable bonds is 4. The Labute approximate surface area is 95.4 Å². The first-order chi connectivity index (χ1) is 7.50. The normalized spacial score (nSPS) is 11.3. The van der Waals surface area contributed by atoms with Gasteiger partial charge in [0.1, 0.15) is 12.4 Å². The molecule has 0 fully saturated rings. The molecule has 1 aromatic carbocycles. The quantitative estimate of drug-likeness (QED) is 0.793. The van der Waals surface area contributed by atoms with Gasteiger partial charge in [0.2, 0.25) is 0 Å². The van der Waals surface area contributed by atoms with Gasteiger partial charge in [-0.25, -0.2) is 4.79 Å². The Kier molecular flexibility index (Phi) is 4.11. The molecule has 1 rings (SSSR count). The largest absolute Gasteiger partial charge is 0.489 e. The summed E-state index contributed by atoms with van der Waals surface area (Å²) in [7, 11) is 0. The van der Waals surface area contributed by atoms with Crippen molar-refractivity contribution in [1.29, 1.82) is 0 Å². The van der Waals surface area contributed by atoms with Gasteiger partial charge in [-0.15, -0.1) is 0 Å². The molecule has 0 aliphatic carbocycles. The number of carboxylic acids is 1. The Hall–Kier alpha value is -1.77. The molecule has 0 radical (unpaired) electrons. The third-order valence-electron chi connectivity index (χ3n) is 2.30. The average molecular weight is 220 g/mol. The topological polar surface area (TPSA) is 46.5 Å². The predicted molar refractivity (Wildman–Crippen MR) is 62.8 cm³/mol. The SMILES string of the molecule is CC(=CCOc1ccc(C)cc1C)C(=O)O. The van der Waals surface area contributed by atoms with E-state index in [4.69, 9.17) is 9.84 Å². The Morgan fingerprint density at radius 3 is 2.69 bits per heavy atom. The van der Waals surface area contributed by atoms with Crippen molar-refractivity contribution in [3.05, 3.63) is 41.0 Å². The van der Waals surface area contributed by atoms with Crippen LogP contribution in [0.3, 0.4) is 0 Å². The number of benzene rings is 1. The van der Waals surface area contributed by atoms with E-state index in [9.17, 15) is 4.79 Å². The van der Waals surface area contributed by atoms with Gasteiger partial charge in [-0.05, 0) is 38.5 Å². The summed E-state index contributed by atoms with van der Waals surface area (Å²) >= 11 is 0. The molecule has 16 heavy (non-hydrogen) atoms. The lowest BCUT2D eigenvalue weighted by Crippen LogP contribution is -2.01. The molecule has 3 heteroatoms. The summed E-state index contributed by atoms with van der Waals surface area (Å²) in [6.07, 6.45) is 1.56. The summed E-state index contributed by atoms with van der Waals surface area (Å²) in [6.45, 7) is 5.82. The molecule has 0 spiro atoms. The van der Waals surface area contributed by atoms with E-state index in [1.807, 2.05) is 32.0 Å². The van der Waals surface area contributed by atoms with E-state index in [1.165, 1.54) is 5.56 Å². The summed E-state index contributed by atoms with van der Waals surface area (Å²) in [5.41, 5.74) is 2.54. The number of aryl methyl sites for hydroxylation is 2. The molecule has 0 bridgehead atoms. The molecule has 0 amide bonds. The minimum atomic E-state index is -0.913. The first-order valence-corrected chi connectivity index (χ1v) is 5.11. The van der Waals surface area contributed by atoms with Crippen molar-refractivity contribution in [1.82, 2.24) is 0 Å². The number of carbonyl (C=O) groups is 1. The highest BCUT2D eigenvalue weighted by atomic mass is 16.5. The highest BCUT2D eigenvalue weighted by Gasteiger charge is 2.00. The second kappa shape index (κ2) is 5.35. The lowest BCUT2D eigenvalue weighted by Gasteiger charge is -2.07. The van der Waals surface area contributed by atoms with E-state index in [2.05, 4.69) is 0 Å². The Balaban J connectivity index is 2.62. The molecule has 0 saturated carbocycles. The van der Waals surface area contributed by atoms with Crippen LogP contribution >= 0.6 is 0 Å². The van der Waals surface area contributed by atoms with E-state index in [0.29, 0.717) is 5.57 Å². The van der Waals surface area contributed by atoms with Crippen molar-refractivity contribution in [3.63, 3.8) is 0 Å². The monoisotopic (exact) mass is 220 g/mol. The molecule has 1 aromatic rings. The molecule has 86 valence electrons. The van der Waals surface area contributed by atoms with Gasteiger partial charge in [0.05, 0.1) is 0 Å². The minimum Gasteiger partial charge on any atom is -0.489 e. The van der Waals surface area contributed by atoms with E-state index in [0.717, 1.165) is 11.3 Å². The van der Waals surface area contributed by atoms with E-state index < -0.39 is 5.97 Å². The highest BCUT2D eigenvalue weighted by molar-refractivity contribution is 5.85. The standard InChI is InChI=1S/C13H16O3/c1-9-4-5-12(11(3)8-9)16-7-6-10(2)13(14)15/h4-6,8H,7H2,1-3H3,(H,14,15). The van der Waals surface area contributed by atoms with Gasteiger partial charge in [-0.1, -0.05) is 17.7 Å². The van der Waals surface area contributed by atoms with Crippen molar-refractivity contribution in [2.24, 2.45) is 0 Å². The van der Waals surface area contributed by atoms with Crippen LogP contribution in [0, 0.1) is 13.8 Å². The minimum absolute atomic E-state index is 0.280. The van der Waals surface area contributed by atoms with Gasteiger partial charge in [-0.3, -0.25) is 0 Å². The first kappa shape index (κ1) is 12.3. The molecule has 0 saturated heterocycles. The summed E-state index contributed by atoms with van der Waals surface area (Å²) < 4.78 is 5.47.